The summed E-state index contributed by atoms with van der Waals surface area (Å²) < 4.78 is 0. The summed E-state index contributed by atoms with van der Waals surface area (Å²) in [5.41, 5.74) is 14.3. The Morgan fingerprint density at radius 2 is 1.67 bits per heavy atom. The number of benzene rings is 3. The quantitative estimate of drug-likeness (QED) is 0.122. The van der Waals surface area contributed by atoms with E-state index in [-0.39, 0.29) is 5.78 Å². The molecule has 0 radical (unpaired) electrons. The molecule has 0 aromatic heterocycles. The van der Waals surface area contributed by atoms with Crippen LogP contribution in [0.15, 0.2) is 84.9 Å². The zero-order chi connectivity index (χ0) is 23.6. The zero-order valence-electron chi connectivity index (χ0n) is 19.3. The third-order valence-corrected chi connectivity index (χ3v) is 5.50. The molecule has 0 fully saturated rings. The van der Waals surface area contributed by atoms with E-state index in [4.69, 9.17) is 11.1 Å². The molecule has 0 atom stereocenters. The van der Waals surface area contributed by atoms with Crippen LogP contribution in [0.1, 0.15) is 48.1 Å². The number of rotatable bonds is 10. The normalized spacial score (nSPS) is 11.9. The van der Waals surface area contributed by atoms with Crippen molar-refractivity contribution in [2.75, 3.05) is 12.3 Å². The summed E-state index contributed by atoms with van der Waals surface area (Å²) in [5.74, 6) is 0.0551. The summed E-state index contributed by atoms with van der Waals surface area (Å²) in [6, 6.07) is 24.9. The van der Waals surface area contributed by atoms with Crippen LogP contribution in [0, 0.1) is 5.41 Å². The maximum absolute atomic E-state index is 11.0. The largest absolute Gasteiger partial charge is 0.398 e. The number of anilines is 1. The molecule has 0 saturated carbocycles. The lowest BCUT2D eigenvalue weighted by Gasteiger charge is -2.18. The van der Waals surface area contributed by atoms with Gasteiger partial charge in [0.2, 0.25) is 0 Å². The average molecular weight is 438 g/mol. The number of carbonyl (C=O) groups is 1. The first-order valence-electron chi connectivity index (χ1n) is 11.2. The fourth-order valence-electron chi connectivity index (χ4n) is 3.85. The van der Waals surface area contributed by atoms with Gasteiger partial charge in [0.1, 0.15) is 0 Å². The lowest BCUT2D eigenvalue weighted by Crippen LogP contribution is -2.13. The third-order valence-electron chi connectivity index (χ3n) is 5.50. The number of hydrogen-bond acceptors (Lipinski definition) is 4. The molecule has 0 saturated heterocycles. The van der Waals surface area contributed by atoms with E-state index in [9.17, 15) is 4.79 Å². The minimum atomic E-state index is 0.0551. The Morgan fingerprint density at radius 1 is 0.970 bits per heavy atom. The van der Waals surface area contributed by atoms with Crippen LogP contribution in [0.3, 0.4) is 0 Å². The van der Waals surface area contributed by atoms with Crippen LogP contribution in [-0.4, -0.2) is 18.5 Å². The smallest absolute Gasteiger partial charge is 0.152 e. The topological polar surface area (TPSA) is 79.0 Å². The molecule has 168 valence electrons. The first-order valence-corrected chi connectivity index (χ1v) is 11.2. The minimum absolute atomic E-state index is 0.0551. The molecule has 0 spiro atoms. The van der Waals surface area contributed by atoms with Gasteiger partial charge in [0.05, 0.1) is 0 Å². The lowest BCUT2D eigenvalue weighted by atomic mass is 9.87. The maximum Gasteiger partial charge on any atom is 0.152 e. The van der Waals surface area contributed by atoms with Gasteiger partial charge >= 0.3 is 0 Å². The highest BCUT2D eigenvalue weighted by molar-refractivity contribution is 6.00. The average Bonchev–Trinajstić information content (AvgIpc) is 2.84. The number of carbonyl (C=O) groups excluding carboxylic acids is 1. The Hall–Kier alpha value is -3.76. The van der Waals surface area contributed by atoms with E-state index >= 15 is 0 Å². The van der Waals surface area contributed by atoms with Gasteiger partial charge in [0, 0.05) is 30.6 Å². The molecule has 0 unspecified atom stereocenters. The van der Waals surface area contributed by atoms with Gasteiger partial charge in [0.15, 0.2) is 5.78 Å². The van der Waals surface area contributed by atoms with E-state index < -0.39 is 0 Å². The second-order valence-electron chi connectivity index (χ2n) is 7.90. The van der Waals surface area contributed by atoms with Crippen molar-refractivity contribution >= 4 is 28.8 Å². The van der Waals surface area contributed by atoms with Crippen molar-refractivity contribution in [3.05, 3.63) is 113 Å². The predicted octanol–water partition coefficient (Wildman–Crippen LogP) is 5.87. The van der Waals surface area contributed by atoms with Crippen molar-refractivity contribution < 1.29 is 4.79 Å². The molecule has 0 heterocycles. The molecule has 4 N–H and O–H groups in total. The van der Waals surface area contributed by atoms with Gasteiger partial charge in [-0.05, 0) is 65.0 Å². The molecule has 3 aromatic carbocycles. The second kappa shape index (κ2) is 11.7. The Labute approximate surface area is 196 Å². The zero-order valence-corrected chi connectivity index (χ0v) is 19.3. The van der Waals surface area contributed by atoms with Crippen molar-refractivity contribution in [1.82, 2.24) is 5.32 Å². The van der Waals surface area contributed by atoms with Gasteiger partial charge < -0.3 is 16.5 Å². The number of allylic oxidation sites excluding steroid dienone is 2. The second-order valence-corrected chi connectivity index (χ2v) is 7.90. The summed E-state index contributed by atoms with van der Waals surface area (Å²) in [6.07, 6.45) is 5.60. The number of hydrogen-bond donors (Lipinski definition) is 3. The fraction of sp³-hybridized carbons (Fsp3) is 0.172. The third kappa shape index (κ3) is 6.37. The first-order chi connectivity index (χ1) is 16.0. The van der Waals surface area contributed by atoms with E-state index in [0.717, 1.165) is 29.7 Å². The summed E-state index contributed by atoms with van der Waals surface area (Å²) in [5, 5.41) is 11.1. The molecular weight excluding hydrogens is 406 g/mol. The molecule has 0 aliphatic heterocycles. The summed E-state index contributed by atoms with van der Waals surface area (Å²) in [4.78, 5) is 11.0. The Balaban J connectivity index is 1.99. The predicted molar refractivity (Wildman–Crippen MR) is 139 cm³/mol. The van der Waals surface area contributed by atoms with Crippen LogP contribution >= 0.6 is 0 Å². The Morgan fingerprint density at radius 3 is 2.30 bits per heavy atom. The SMILES string of the molecule is CC/C(=C(/c1ccc(CNC/C=C/C(C)=O)cc1)c1ccc(N)c(C=N)c1)c1ccccc1. The van der Waals surface area contributed by atoms with Crippen molar-refractivity contribution in [1.29, 1.82) is 5.41 Å². The maximum atomic E-state index is 11.0. The van der Waals surface area contributed by atoms with Crippen molar-refractivity contribution in [2.24, 2.45) is 0 Å². The van der Waals surface area contributed by atoms with Gasteiger partial charge in [-0.15, -0.1) is 0 Å². The number of nitrogens with one attached hydrogen (secondary N) is 2. The van der Waals surface area contributed by atoms with Gasteiger partial charge in [0.25, 0.3) is 0 Å². The van der Waals surface area contributed by atoms with Crippen LogP contribution < -0.4 is 11.1 Å². The molecule has 4 nitrogen and oxygen atoms in total. The van der Waals surface area contributed by atoms with E-state index in [1.165, 1.54) is 22.9 Å². The molecule has 3 aromatic rings. The van der Waals surface area contributed by atoms with Gasteiger partial charge in [-0.25, -0.2) is 0 Å². The summed E-state index contributed by atoms with van der Waals surface area (Å²) in [7, 11) is 0. The summed E-state index contributed by atoms with van der Waals surface area (Å²) in [6.45, 7) is 5.09. The highest BCUT2D eigenvalue weighted by Crippen LogP contribution is 2.35. The van der Waals surface area contributed by atoms with Crippen molar-refractivity contribution in [3.8, 4) is 0 Å². The number of nitrogens with two attached hydrogens (primary N) is 1. The van der Waals surface area contributed by atoms with Crippen LogP contribution in [-0.2, 0) is 11.3 Å². The highest BCUT2D eigenvalue weighted by atomic mass is 16.1. The molecule has 0 aliphatic carbocycles. The monoisotopic (exact) mass is 437 g/mol. The van der Waals surface area contributed by atoms with E-state index in [0.29, 0.717) is 17.8 Å². The number of nitrogen functional groups attached to an aromatic ring is 1. The molecule has 4 heteroatoms. The van der Waals surface area contributed by atoms with E-state index in [2.05, 4.69) is 60.8 Å². The van der Waals surface area contributed by atoms with Crippen molar-refractivity contribution in [2.45, 2.75) is 26.8 Å². The molecule has 0 aliphatic rings. The van der Waals surface area contributed by atoms with E-state index in [1.807, 2.05) is 30.3 Å². The molecular formula is C29H31N3O. The molecule has 3 rings (SSSR count). The Bertz CT molecular complexity index is 1160. The van der Waals surface area contributed by atoms with Gasteiger partial charge in [-0.2, -0.15) is 0 Å². The fourth-order valence-corrected chi connectivity index (χ4v) is 3.85. The van der Waals surface area contributed by atoms with Gasteiger partial charge in [-0.1, -0.05) is 73.7 Å². The van der Waals surface area contributed by atoms with Crippen molar-refractivity contribution in [3.63, 3.8) is 0 Å². The van der Waals surface area contributed by atoms with Crippen LogP contribution in [0.4, 0.5) is 5.69 Å². The summed E-state index contributed by atoms with van der Waals surface area (Å²) >= 11 is 0. The standard InChI is InChI=1S/C29H31N3O/c1-3-27(23-9-5-4-6-10-23)29(25-15-16-28(31)26(18-25)19-30)24-13-11-22(12-14-24)20-32-17-7-8-21(2)33/h4-16,18-19,30,32H,3,17,20,31H2,1-2H3/b8-7+,29-27+,30-19?. The van der Waals surface area contributed by atoms with Crippen LogP contribution in [0.25, 0.3) is 11.1 Å². The first kappa shape index (κ1) is 23.9. The molecule has 0 bridgehead atoms. The minimum Gasteiger partial charge on any atom is -0.398 e. The van der Waals surface area contributed by atoms with Crippen LogP contribution in [0.2, 0.25) is 0 Å². The molecule has 33 heavy (non-hydrogen) atoms. The number of ketones is 1. The Kier molecular flexibility index (Phi) is 8.50. The van der Waals surface area contributed by atoms with E-state index in [1.54, 1.807) is 13.0 Å². The highest BCUT2D eigenvalue weighted by Gasteiger charge is 2.14. The van der Waals surface area contributed by atoms with Crippen LogP contribution in [0.5, 0.6) is 0 Å². The molecule has 0 amide bonds. The van der Waals surface area contributed by atoms with Gasteiger partial charge in [-0.3, -0.25) is 4.79 Å². The lowest BCUT2D eigenvalue weighted by molar-refractivity contribution is -0.112.